The molecule has 6 nitrogen and oxygen atoms in total. The van der Waals surface area contributed by atoms with Crippen molar-refractivity contribution in [2.24, 2.45) is 7.05 Å². The van der Waals surface area contributed by atoms with Gasteiger partial charge in [-0.1, -0.05) is 62.4 Å². The normalized spacial score (nSPS) is 17.3. The van der Waals surface area contributed by atoms with Gasteiger partial charge in [0.15, 0.2) is 0 Å². The van der Waals surface area contributed by atoms with E-state index >= 15 is 0 Å². The Kier molecular flexibility index (Phi) is 6.85. The smallest absolute Gasteiger partial charge is 0.254 e. The predicted molar refractivity (Wildman–Crippen MR) is 147 cm³/mol. The molecule has 190 valence electrons. The Balaban J connectivity index is 1.64. The molecule has 37 heavy (non-hydrogen) atoms. The molecule has 0 bridgehead atoms. The van der Waals surface area contributed by atoms with Gasteiger partial charge in [-0.25, -0.2) is 0 Å². The van der Waals surface area contributed by atoms with Crippen molar-refractivity contribution >= 4 is 28.4 Å². The van der Waals surface area contributed by atoms with Gasteiger partial charge in [0.05, 0.1) is 18.6 Å². The van der Waals surface area contributed by atoms with Crippen LogP contribution in [0.25, 0.3) is 10.9 Å². The molecule has 3 aromatic carbocycles. The highest BCUT2D eigenvalue weighted by Crippen LogP contribution is 2.45. The van der Waals surface area contributed by atoms with E-state index in [4.69, 9.17) is 4.74 Å². The first kappa shape index (κ1) is 24.8. The standard InChI is InChI=1S/C31H33N3O3/c1-20(2)21-13-15-22(16-14-21)32-30(35)28-24-10-5-6-11-25(24)31(36)34(17-18-37-4)29(28)26-19-33(3)27-12-8-7-9-23(26)27/h5-16,19-20,28-29H,17-18H2,1-4H3,(H,32,35)/t28-,29+/m0/s1. The molecule has 1 aliphatic rings. The number of carbonyl (C=O) groups excluding carboxylic acids is 2. The molecule has 0 fully saturated rings. The number of nitrogens with zero attached hydrogens (tertiary/aromatic N) is 2. The molecule has 2 atom stereocenters. The largest absolute Gasteiger partial charge is 0.383 e. The third-order valence-corrected chi connectivity index (χ3v) is 7.35. The van der Waals surface area contributed by atoms with Crippen LogP contribution in [0, 0.1) is 0 Å². The first-order valence-corrected chi connectivity index (χ1v) is 12.7. The van der Waals surface area contributed by atoms with E-state index in [9.17, 15) is 9.59 Å². The quantitative estimate of drug-likeness (QED) is 0.349. The molecule has 2 heterocycles. The molecule has 6 heteroatoms. The summed E-state index contributed by atoms with van der Waals surface area (Å²) in [5.74, 6) is -0.416. The fourth-order valence-corrected chi connectivity index (χ4v) is 5.44. The first-order valence-electron chi connectivity index (χ1n) is 12.7. The molecule has 0 radical (unpaired) electrons. The van der Waals surface area contributed by atoms with Crippen molar-refractivity contribution < 1.29 is 14.3 Å². The number of aryl methyl sites for hydroxylation is 1. The van der Waals surface area contributed by atoms with Crippen molar-refractivity contribution in [2.75, 3.05) is 25.6 Å². The fraction of sp³-hybridized carbons (Fsp3) is 0.290. The van der Waals surface area contributed by atoms with Crippen LogP contribution in [0.15, 0.2) is 79.0 Å². The summed E-state index contributed by atoms with van der Waals surface area (Å²) in [7, 11) is 3.62. The highest BCUT2D eigenvalue weighted by molar-refractivity contribution is 6.05. The van der Waals surface area contributed by atoms with Gasteiger partial charge in [0.1, 0.15) is 0 Å². The molecular formula is C31H33N3O3. The zero-order valence-electron chi connectivity index (χ0n) is 21.8. The third-order valence-electron chi connectivity index (χ3n) is 7.35. The van der Waals surface area contributed by atoms with Gasteiger partial charge in [-0.3, -0.25) is 9.59 Å². The van der Waals surface area contributed by atoms with E-state index in [0.29, 0.717) is 24.6 Å². The van der Waals surface area contributed by atoms with E-state index in [1.54, 1.807) is 12.0 Å². The number of amides is 2. The van der Waals surface area contributed by atoms with Crippen LogP contribution in [0.1, 0.15) is 58.8 Å². The minimum atomic E-state index is -0.596. The van der Waals surface area contributed by atoms with Crippen LogP contribution in [0.3, 0.4) is 0 Å². The number of anilines is 1. The summed E-state index contributed by atoms with van der Waals surface area (Å²) in [6.45, 7) is 5.05. The molecule has 1 N–H and O–H groups in total. The summed E-state index contributed by atoms with van der Waals surface area (Å²) in [6, 6.07) is 23.1. The summed E-state index contributed by atoms with van der Waals surface area (Å²) in [5.41, 5.74) is 5.27. The van der Waals surface area contributed by atoms with Gasteiger partial charge >= 0.3 is 0 Å². The van der Waals surface area contributed by atoms with Crippen LogP contribution in [-0.4, -0.2) is 41.5 Å². The second kappa shape index (κ2) is 10.2. The highest BCUT2D eigenvalue weighted by atomic mass is 16.5. The number of hydrogen-bond donors (Lipinski definition) is 1. The Labute approximate surface area is 217 Å². The number of hydrogen-bond acceptors (Lipinski definition) is 3. The second-order valence-electron chi connectivity index (χ2n) is 9.98. The molecule has 0 saturated carbocycles. The number of fused-ring (bicyclic) bond motifs is 2. The number of aromatic nitrogens is 1. The van der Waals surface area contributed by atoms with E-state index in [1.807, 2.05) is 73.9 Å². The van der Waals surface area contributed by atoms with E-state index in [-0.39, 0.29) is 11.8 Å². The van der Waals surface area contributed by atoms with E-state index in [1.165, 1.54) is 5.56 Å². The van der Waals surface area contributed by atoms with Crippen molar-refractivity contribution in [1.29, 1.82) is 0 Å². The predicted octanol–water partition coefficient (Wildman–Crippen LogP) is 5.87. The maximum absolute atomic E-state index is 14.1. The fourth-order valence-electron chi connectivity index (χ4n) is 5.44. The highest BCUT2D eigenvalue weighted by Gasteiger charge is 2.45. The van der Waals surface area contributed by atoms with Gasteiger partial charge in [-0.05, 0) is 41.3 Å². The molecule has 1 aliphatic heterocycles. The average molecular weight is 496 g/mol. The van der Waals surface area contributed by atoms with Crippen molar-refractivity contribution in [3.63, 3.8) is 0 Å². The van der Waals surface area contributed by atoms with Crippen LogP contribution < -0.4 is 5.32 Å². The minimum Gasteiger partial charge on any atom is -0.383 e. The molecular weight excluding hydrogens is 462 g/mol. The topological polar surface area (TPSA) is 63.6 Å². The Morgan fingerprint density at radius 1 is 0.973 bits per heavy atom. The van der Waals surface area contributed by atoms with E-state index in [2.05, 4.69) is 35.9 Å². The van der Waals surface area contributed by atoms with Crippen molar-refractivity contribution in [3.8, 4) is 0 Å². The number of carbonyl (C=O) groups is 2. The average Bonchev–Trinajstić information content (AvgIpc) is 3.24. The molecule has 1 aromatic heterocycles. The molecule has 5 rings (SSSR count). The summed E-state index contributed by atoms with van der Waals surface area (Å²) in [5, 5.41) is 4.18. The summed E-state index contributed by atoms with van der Waals surface area (Å²) in [4.78, 5) is 29.7. The van der Waals surface area contributed by atoms with Crippen LogP contribution in [-0.2, 0) is 16.6 Å². The lowest BCUT2D eigenvalue weighted by atomic mass is 9.79. The van der Waals surface area contributed by atoms with Crippen molar-refractivity contribution in [3.05, 3.63) is 101 Å². The van der Waals surface area contributed by atoms with Gasteiger partial charge in [-0.15, -0.1) is 0 Å². The van der Waals surface area contributed by atoms with Crippen LogP contribution >= 0.6 is 0 Å². The second-order valence-corrected chi connectivity index (χ2v) is 9.98. The van der Waals surface area contributed by atoms with Crippen LogP contribution in [0.4, 0.5) is 5.69 Å². The Morgan fingerprint density at radius 2 is 1.68 bits per heavy atom. The molecule has 2 amide bonds. The maximum Gasteiger partial charge on any atom is 0.254 e. The van der Waals surface area contributed by atoms with Gasteiger partial charge < -0.3 is 19.5 Å². The molecule has 0 aliphatic carbocycles. The number of ether oxygens (including phenoxy) is 1. The summed E-state index contributed by atoms with van der Waals surface area (Å²) in [6.07, 6.45) is 2.05. The van der Waals surface area contributed by atoms with E-state index in [0.717, 1.165) is 27.7 Å². The molecule has 0 spiro atoms. The lowest BCUT2D eigenvalue weighted by Gasteiger charge is -2.41. The lowest BCUT2D eigenvalue weighted by molar-refractivity contribution is -0.119. The number of rotatable bonds is 7. The zero-order valence-corrected chi connectivity index (χ0v) is 21.8. The Morgan fingerprint density at radius 3 is 2.41 bits per heavy atom. The summed E-state index contributed by atoms with van der Waals surface area (Å²) < 4.78 is 7.44. The Bertz CT molecular complexity index is 1440. The van der Waals surface area contributed by atoms with Gasteiger partial charge in [0.2, 0.25) is 5.91 Å². The maximum atomic E-state index is 14.1. The molecule has 0 unspecified atom stereocenters. The lowest BCUT2D eigenvalue weighted by Crippen LogP contribution is -2.47. The molecule has 0 saturated heterocycles. The number of nitrogens with one attached hydrogen (secondary N) is 1. The van der Waals surface area contributed by atoms with Crippen LogP contribution in [0.5, 0.6) is 0 Å². The number of para-hydroxylation sites is 1. The van der Waals surface area contributed by atoms with Crippen molar-refractivity contribution in [2.45, 2.75) is 31.7 Å². The number of methoxy groups -OCH3 is 1. The third kappa shape index (κ3) is 4.53. The summed E-state index contributed by atoms with van der Waals surface area (Å²) >= 11 is 0. The zero-order chi connectivity index (χ0) is 26.1. The van der Waals surface area contributed by atoms with Gasteiger partial charge in [0, 0.05) is 54.6 Å². The molecule has 4 aromatic rings. The van der Waals surface area contributed by atoms with Crippen molar-refractivity contribution in [1.82, 2.24) is 9.47 Å². The first-order chi connectivity index (χ1) is 17.9. The van der Waals surface area contributed by atoms with E-state index < -0.39 is 12.0 Å². The number of benzene rings is 3. The minimum absolute atomic E-state index is 0.0871. The van der Waals surface area contributed by atoms with Gasteiger partial charge in [0.25, 0.3) is 5.91 Å². The van der Waals surface area contributed by atoms with Crippen LogP contribution in [0.2, 0.25) is 0 Å². The monoisotopic (exact) mass is 495 g/mol. The Hall–Kier alpha value is -3.90. The SMILES string of the molecule is COCCN1C(=O)c2ccccc2[C@H](C(=O)Nc2ccc(C(C)C)cc2)[C@H]1c1cn(C)c2ccccc12. The van der Waals surface area contributed by atoms with Gasteiger partial charge in [-0.2, -0.15) is 0 Å².